The molecule has 3 rings (SSSR count). The molecule has 0 bridgehead atoms. The van der Waals surface area contributed by atoms with Crippen molar-refractivity contribution >= 4 is 41.7 Å². The largest absolute Gasteiger partial charge is 0.357 e. The molecule has 3 aliphatic rings. The van der Waals surface area contributed by atoms with Crippen LogP contribution in [0.2, 0.25) is 0 Å². The maximum Gasteiger partial charge on any atom is 0.194 e. The minimum absolute atomic E-state index is 0. The topological polar surface area (TPSA) is 34.1 Å². The fourth-order valence-electron chi connectivity index (χ4n) is 3.89. The fraction of sp³-hybridized carbons (Fsp3) is 0.833. The Hall–Kier alpha value is 0.01000. The summed E-state index contributed by atoms with van der Waals surface area (Å²) in [6.07, 6.45) is 7.08. The summed E-state index contributed by atoms with van der Waals surface area (Å²) in [6, 6.07) is 0.675. The van der Waals surface area contributed by atoms with Crippen LogP contribution in [0.3, 0.4) is 0 Å². The van der Waals surface area contributed by atoms with Gasteiger partial charge in [0.15, 0.2) is 5.96 Å². The number of aliphatic imine (C=N–C) groups is 1. The van der Waals surface area contributed by atoms with Gasteiger partial charge in [-0.2, -0.15) is 11.8 Å². The lowest BCUT2D eigenvalue weighted by Crippen LogP contribution is -2.49. The summed E-state index contributed by atoms with van der Waals surface area (Å²) in [5.74, 6) is 3.58. The Morgan fingerprint density at radius 1 is 1.36 bits per heavy atom. The van der Waals surface area contributed by atoms with Gasteiger partial charge in [-0.25, -0.2) is 0 Å². The summed E-state index contributed by atoms with van der Waals surface area (Å²) < 4.78 is 0. The molecule has 144 valence electrons. The van der Waals surface area contributed by atoms with E-state index in [2.05, 4.69) is 64.9 Å². The van der Waals surface area contributed by atoms with E-state index in [9.17, 15) is 0 Å². The van der Waals surface area contributed by atoms with Gasteiger partial charge in [-0.3, -0.25) is 9.89 Å². The number of thioether (sulfide) groups is 1. The molecule has 0 aromatic heterocycles. The molecule has 25 heavy (non-hydrogen) atoms. The number of nitrogens with zero attached hydrogens (tertiary/aromatic N) is 4. The Kier molecular flexibility index (Phi) is 8.36. The first-order valence-corrected chi connectivity index (χ1v) is 10.5. The zero-order valence-corrected chi connectivity index (χ0v) is 19.1. The number of nitrogens with one attached hydrogen (secondary N) is 1. The van der Waals surface area contributed by atoms with Crippen LogP contribution in [-0.4, -0.2) is 97.1 Å². The molecule has 0 aromatic rings. The number of guanidine groups is 1. The minimum atomic E-state index is 0. The van der Waals surface area contributed by atoms with E-state index in [0.717, 1.165) is 45.2 Å². The summed E-state index contributed by atoms with van der Waals surface area (Å²) in [5.41, 5.74) is 0.239. The molecule has 1 N–H and O–H groups in total. The fourth-order valence-corrected chi connectivity index (χ4v) is 5.43. The van der Waals surface area contributed by atoms with Crippen LogP contribution >= 0.6 is 35.7 Å². The van der Waals surface area contributed by atoms with Crippen molar-refractivity contribution in [3.05, 3.63) is 12.2 Å². The van der Waals surface area contributed by atoms with Crippen LogP contribution in [0.25, 0.3) is 0 Å². The minimum Gasteiger partial charge on any atom is -0.357 e. The number of hydrogen-bond donors (Lipinski definition) is 1. The van der Waals surface area contributed by atoms with E-state index in [1.165, 1.54) is 24.3 Å². The molecule has 2 atom stereocenters. The van der Waals surface area contributed by atoms with E-state index >= 15 is 0 Å². The molecule has 3 heterocycles. The van der Waals surface area contributed by atoms with Crippen molar-refractivity contribution in [2.24, 2.45) is 4.99 Å². The van der Waals surface area contributed by atoms with Crippen LogP contribution in [0.1, 0.15) is 19.8 Å². The molecular formula is C18H34IN5S. The van der Waals surface area contributed by atoms with Crippen molar-refractivity contribution in [1.82, 2.24) is 20.0 Å². The van der Waals surface area contributed by atoms with E-state index in [1.807, 2.05) is 0 Å². The van der Waals surface area contributed by atoms with Gasteiger partial charge in [-0.1, -0.05) is 12.2 Å². The van der Waals surface area contributed by atoms with Crippen molar-refractivity contribution in [3.63, 3.8) is 0 Å². The molecule has 0 spiro atoms. The highest BCUT2D eigenvalue weighted by Crippen LogP contribution is 2.32. The third-order valence-corrected chi connectivity index (χ3v) is 6.95. The normalized spacial score (nSPS) is 30.3. The molecule has 0 saturated carbocycles. The van der Waals surface area contributed by atoms with Crippen LogP contribution in [-0.2, 0) is 0 Å². The SMILES string of the molecule is CCNC(=NCC1(N(C)C)CCSC1)N1CCC(N2CC=CC2)C1.I. The number of rotatable bonds is 5. The van der Waals surface area contributed by atoms with Crippen LogP contribution < -0.4 is 5.32 Å². The molecule has 7 heteroatoms. The van der Waals surface area contributed by atoms with Gasteiger partial charge in [0.05, 0.1) is 6.54 Å². The smallest absolute Gasteiger partial charge is 0.194 e. The summed E-state index contributed by atoms with van der Waals surface area (Å²) in [7, 11) is 4.42. The maximum atomic E-state index is 5.07. The number of hydrogen-bond acceptors (Lipinski definition) is 4. The van der Waals surface area contributed by atoms with E-state index in [1.54, 1.807) is 0 Å². The molecule has 2 saturated heterocycles. The van der Waals surface area contributed by atoms with Gasteiger partial charge in [0, 0.05) is 50.1 Å². The zero-order valence-electron chi connectivity index (χ0n) is 15.9. The van der Waals surface area contributed by atoms with Gasteiger partial charge >= 0.3 is 0 Å². The second-order valence-corrected chi connectivity index (χ2v) is 8.51. The monoisotopic (exact) mass is 479 g/mol. The van der Waals surface area contributed by atoms with Crippen molar-refractivity contribution in [1.29, 1.82) is 0 Å². The summed E-state index contributed by atoms with van der Waals surface area (Å²) >= 11 is 2.07. The van der Waals surface area contributed by atoms with Crippen LogP contribution in [0.15, 0.2) is 17.1 Å². The predicted molar refractivity (Wildman–Crippen MR) is 120 cm³/mol. The molecule has 0 radical (unpaired) electrons. The lowest BCUT2D eigenvalue weighted by atomic mass is 9.98. The van der Waals surface area contributed by atoms with Crippen molar-refractivity contribution < 1.29 is 0 Å². The highest BCUT2D eigenvalue weighted by molar-refractivity contribution is 14.0. The van der Waals surface area contributed by atoms with Gasteiger partial charge in [0.25, 0.3) is 0 Å². The Morgan fingerprint density at radius 2 is 2.12 bits per heavy atom. The number of likely N-dealkylation sites (N-methyl/N-ethyl adjacent to an activating group) is 1. The second-order valence-electron chi connectivity index (χ2n) is 7.41. The van der Waals surface area contributed by atoms with Crippen molar-refractivity contribution in [3.8, 4) is 0 Å². The first-order chi connectivity index (χ1) is 11.6. The average Bonchev–Trinajstić information content (AvgIpc) is 3.32. The van der Waals surface area contributed by atoms with Crippen LogP contribution in [0.5, 0.6) is 0 Å². The van der Waals surface area contributed by atoms with Gasteiger partial charge in [0.2, 0.25) is 0 Å². The van der Waals surface area contributed by atoms with E-state index < -0.39 is 0 Å². The summed E-state index contributed by atoms with van der Waals surface area (Å²) in [6.45, 7) is 8.48. The molecular weight excluding hydrogens is 445 g/mol. The first kappa shape index (κ1) is 21.3. The Bertz CT molecular complexity index is 468. The quantitative estimate of drug-likeness (QED) is 0.282. The van der Waals surface area contributed by atoms with Crippen LogP contribution in [0, 0.1) is 0 Å². The highest BCUT2D eigenvalue weighted by atomic mass is 127. The summed E-state index contributed by atoms with van der Waals surface area (Å²) in [4.78, 5) is 12.5. The lowest BCUT2D eigenvalue weighted by Gasteiger charge is -2.35. The molecule has 5 nitrogen and oxygen atoms in total. The van der Waals surface area contributed by atoms with E-state index in [4.69, 9.17) is 4.99 Å². The molecule has 3 aliphatic heterocycles. The third-order valence-electron chi connectivity index (χ3n) is 5.72. The Morgan fingerprint density at radius 3 is 2.72 bits per heavy atom. The summed E-state index contributed by atoms with van der Waals surface area (Å²) in [5, 5.41) is 3.53. The molecule has 0 aromatic carbocycles. The molecule has 2 unspecified atom stereocenters. The number of halogens is 1. The first-order valence-electron chi connectivity index (χ1n) is 9.32. The predicted octanol–water partition coefficient (Wildman–Crippen LogP) is 1.95. The zero-order chi connectivity index (χ0) is 17.0. The van der Waals surface area contributed by atoms with Gasteiger partial charge in [-0.15, -0.1) is 24.0 Å². The van der Waals surface area contributed by atoms with Gasteiger partial charge in [-0.05, 0) is 39.6 Å². The van der Waals surface area contributed by atoms with Gasteiger partial charge in [0.1, 0.15) is 0 Å². The van der Waals surface area contributed by atoms with Crippen molar-refractivity contribution in [2.75, 3.05) is 64.9 Å². The Balaban J connectivity index is 0.00000225. The van der Waals surface area contributed by atoms with Crippen molar-refractivity contribution in [2.45, 2.75) is 31.3 Å². The molecule has 0 amide bonds. The lowest BCUT2D eigenvalue weighted by molar-refractivity contribution is 0.189. The van der Waals surface area contributed by atoms with E-state index in [-0.39, 0.29) is 29.5 Å². The van der Waals surface area contributed by atoms with Crippen LogP contribution in [0.4, 0.5) is 0 Å². The second kappa shape index (κ2) is 9.80. The Labute approximate surface area is 174 Å². The van der Waals surface area contributed by atoms with E-state index in [0.29, 0.717) is 6.04 Å². The maximum absolute atomic E-state index is 5.07. The highest BCUT2D eigenvalue weighted by Gasteiger charge is 2.37. The third kappa shape index (κ3) is 5.05. The number of likely N-dealkylation sites (tertiary alicyclic amines) is 1. The molecule has 0 aliphatic carbocycles. The standard InChI is InChI=1S/C18H33N5S.HI/c1-4-19-17(20-14-18(21(2)3)8-12-24-15-18)23-11-7-16(13-23)22-9-5-6-10-22;/h5-6,16H,4,7-15H2,1-3H3,(H,19,20);1H. The van der Waals surface area contributed by atoms with Gasteiger partial charge < -0.3 is 15.1 Å². The average molecular weight is 479 g/mol. The molecule has 2 fully saturated rings.